The third-order valence-corrected chi connectivity index (χ3v) is 6.13. The van der Waals surface area contributed by atoms with Crippen LogP contribution >= 0.6 is 0 Å². The Morgan fingerprint density at radius 3 is 2.33 bits per heavy atom. The Morgan fingerprint density at radius 1 is 1.00 bits per heavy atom. The van der Waals surface area contributed by atoms with Gasteiger partial charge < -0.3 is 9.47 Å². The van der Waals surface area contributed by atoms with Gasteiger partial charge in [-0.25, -0.2) is 8.42 Å². The van der Waals surface area contributed by atoms with Crippen molar-refractivity contribution in [3.8, 4) is 17.6 Å². The zero-order valence-electron chi connectivity index (χ0n) is 16.7. The number of nitrogens with zero attached hydrogens (tertiary/aromatic N) is 1. The highest BCUT2D eigenvalue weighted by molar-refractivity contribution is 7.95. The number of allylic oxidation sites excluding steroid dienone is 1. The topological polar surface area (TPSA) is 76.4 Å². The third-order valence-electron chi connectivity index (χ3n) is 4.45. The van der Waals surface area contributed by atoms with Crippen molar-refractivity contribution in [2.75, 3.05) is 7.11 Å². The van der Waals surface area contributed by atoms with Crippen molar-refractivity contribution in [1.82, 2.24) is 0 Å². The number of rotatable bonds is 7. The number of benzene rings is 3. The van der Waals surface area contributed by atoms with Crippen LogP contribution in [0.1, 0.15) is 16.7 Å². The second-order valence-electron chi connectivity index (χ2n) is 6.62. The molecule has 30 heavy (non-hydrogen) atoms. The maximum atomic E-state index is 12.9. The Morgan fingerprint density at radius 2 is 1.70 bits per heavy atom. The average Bonchev–Trinajstić information content (AvgIpc) is 2.77. The van der Waals surface area contributed by atoms with E-state index in [0.29, 0.717) is 23.7 Å². The lowest BCUT2D eigenvalue weighted by atomic mass is 10.2. The molecule has 0 atom stereocenters. The fourth-order valence-corrected chi connectivity index (χ4v) is 3.96. The summed E-state index contributed by atoms with van der Waals surface area (Å²) >= 11 is 0. The van der Waals surface area contributed by atoms with E-state index < -0.39 is 9.84 Å². The van der Waals surface area contributed by atoms with Gasteiger partial charge in [-0.3, -0.25) is 0 Å². The molecule has 5 nitrogen and oxygen atoms in total. The normalized spacial score (nSPS) is 11.6. The van der Waals surface area contributed by atoms with E-state index in [2.05, 4.69) is 0 Å². The highest BCUT2D eigenvalue weighted by Crippen LogP contribution is 2.31. The first-order valence-corrected chi connectivity index (χ1v) is 10.7. The Bertz CT molecular complexity index is 1190. The summed E-state index contributed by atoms with van der Waals surface area (Å²) in [5, 5.41) is 9.51. The van der Waals surface area contributed by atoms with Gasteiger partial charge in [-0.2, -0.15) is 5.26 Å². The van der Waals surface area contributed by atoms with E-state index in [-0.39, 0.29) is 9.80 Å². The monoisotopic (exact) mass is 419 g/mol. The first kappa shape index (κ1) is 21.2. The number of hydrogen-bond donors (Lipinski definition) is 0. The van der Waals surface area contributed by atoms with Gasteiger partial charge in [0, 0.05) is 0 Å². The highest BCUT2D eigenvalue weighted by atomic mass is 32.2. The number of ether oxygens (including phenoxy) is 2. The van der Waals surface area contributed by atoms with E-state index in [4.69, 9.17) is 9.47 Å². The van der Waals surface area contributed by atoms with Crippen LogP contribution in [0.4, 0.5) is 0 Å². The molecule has 0 spiro atoms. The Hall–Kier alpha value is -3.56. The summed E-state index contributed by atoms with van der Waals surface area (Å²) in [6.07, 6.45) is 1.34. The van der Waals surface area contributed by atoms with Crippen molar-refractivity contribution in [2.24, 2.45) is 0 Å². The van der Waals surface area contributed by atoms with Gasteiger partial charge in [0.1, 0.15) is 17.6 Å². The van der Waals surface area contributed by atoms with Crippen LogP contribution in [-0.2, 0) is 16.4 Å². The lowest BCUT2D eigenvalue weighted by Gasteiger charge is -2.12. The molecular formula is C24H21NO4S. The van der Waals surface area contributed by atoms with Crippen LogP contribution in [0.2, 0.25) is 0 Å². The second kappa shape index (κ2) is 9.29. The largest absolute Gasteiger partial charge is 0.493 e. The maximum absolute atomic E-state index is 12.9. The zero-order valence-corrected chi connectivity index (χ0v) is 17.5. The predicted molar refractivity (Wildman–Crippen MR) is 116 cm³/mol. The Labute approximate surface area is 176 Å². The number of nitriles is 1. The molecule has 3 rings (SSSR count). The van der Waals surface area contributed by atoms with E-state index in [1.54, 1.807) is 30.3 Å². The summed E-state index contributed by atoms with van der Waals surface area (Å²) in [6, 6.07) is 22.9. The summed E-state index contributed by atoms with van der Waals surface area (Å²) in [5.41, 5.74) is 2.44. The molecular weight excluding hydrogens is 398 g/mol. The van der Waals surface area contributed by atoms with E-state index >= 15 is 0 Å². The quantitative estimate of drug-likeness (QED) is 0.508. The van der Waals surface area contributed by atoms with Crippen molar-refractivity contribution >= 4 is 15.9 Å². The fraction of sp³-hybridized carbons (Fsp3) is 0.125. The molecule has 0 saturated carbocycles. The molecule has 0 radical (unpaired) electrons. The van der Waals surface area contributed by atoms with Gasteiger partial charge in [0.15, 0.2) is 11.5 Å². The molecule has 0 fully saturated rings. The van der Waals surface area contributed by atoms with Crippen LogP contribution in [0.3, 0.4) is 0 Å². The van der Waals surface area contributed by atoms with Gasteiger partial charge in [0.25, 0.3) is 0 Å². The van der Waals surface area contributed by atoms with Gasteiger partial charge >= 0.3 is 0 Å². The lowest BCUT2D eigenvalue weighted by Crippen LogP contribution is -2.03. The van der Waals surface area contributed by atoms with Crippen molar-refractivity contribution in [2.45, 2.75) is 18.4 Å². The summed E-state index contributed by atoms with van der Waals surface area (Å²) in [7, 11) is -2.39. The minimum atomic E-state index is -3.92. The van der Waals surface area contributed by atoms with E-state index in [9.17, 15) is 13.7 Å². The summed E-state index contributed by atoms with van der Waals surface area (Å²) in [6.45, 7) is 2.20. The Kier molecular flexibility index (Phi) is 6.55. The lowest BCUT2D eigenvalue weighted by molar-refractivity contribution is 0.284. The second-order valence-corrected chi connectivity index (χ2v) is 8.54. The van der Waals surface area contributed by atoms with Gasteiger partial charge in [-0.15, -0.1) is 0 Å². The van der Waals surface area contributed by atoms with Crippen LogP contribution in [0.5, 0.6) is 11.5 Å². The van der Waals surface area contributed by atoms with Crippen LogP contribution < -0.4 is 9.47 Å². The number of methoxy groups -OCH3 is 1. The zero-order chi connectivity index (χ0) is 21.6. The standard InChI is InChI=1S/C24H21NO4S/c1-18-8-11-21(12-9-18)30(26,27)22(16-25)14-20-10-13-23(28-2)24(15-20)29-17-19-6-4-3-5-7-19/h3-15H,17H2,1-2H3. The summed E-state index contributed by atoms with van der Waals surface area (Å²) in [4.78, 5) is -0.263. The van der Waals surface area contributed by atoms with E-state index in [1.165, 1.54) is 25.3 Å². The summed E-state index contributed by atoms with van der Waals surface area (Å²) in [5.74, 6) is 0.975. The van der Waals surface area contributed by atoms with E-state index in [1.807, 2.05) is 43.3 Å². The molecule has 152 valence electrons. The van der Waals surface area contributed by atoms with Crippen LogP contribution in [0.25, 0.3) is 6.08 Å². The van der Waals surface area contributed by atoms with Crippen LogP contribution in [0, 0.1) is 18.3 Å². The first-order valence-electron chi connectivity index (χ1n) is 9.22. The highest BCUT2D eigenvalue weighted by Gasteiger charge is 2.21. The SMILES string of the molecule is COc1ccc(C=C(C#N)S(=O)(=O)c2ccc(C)cc2)cc1OCc1ccccc1. The predicted octanol–water partition coefficient (Wildman–Crippen LogP) is 4.92. The fourth-order valence-electron chi connectivity index (χ4n) is 2.80. The van der Waals surface area contributed by atoms with Gasteiger partial charge in [-0.1, -0.05) is 54.1 Å². The van der Waals surface area contributed by atoms with Crippen LogP contribution in [-0.4, -0.2) is 15.5 Å². The van der Waals surface area contributed by atoms with Crippen molar-refractivity contribution < 1.29 is 17.9 Å². The minimum absolute atomic E-state index is 0.0787. The molecule has 0 unspecified atom stereocenters. The smallest absolute Gasteiger partial charge is 0.216 e. The molecule has 3 aromatic carbocycles. The first-order chi connectivity index (χ1) is 14.4. The molecule has 0 aromatic heterocycles. The minimum Gasteiger partial charge on any atom is -0.493 e. The average molecular weight is 420 g/mol. The molecule has 0 amide bonds. The van der Waals surface area contributed by atoms with Gasteiger partial charge in [0.2, 0.25) is 9.84 Å². The van der Waals surface area contributed by atoms with Gasteiger partial charge in [-0.05, 0) is 48.4 Å². The maximum Gasteiger partial charge on any atom is 0.216 e. The van der Waals surface area contributed by atoms with Crippen molar-refractivity contribution in [3.63, 3.8) is 0 Å². The van der Waals surface area contributed by atoms with Gasteiger partial charge in [0.05, 0.1) is 12.0 Å². The molecule has 0 N–H and O–H groups in total. The third kappa shape index (κ3) is 4.88. The number of aryl methyl sites for hydroxylation is 1. The molecule has 0 aliphatic rings. The van der Waals surface area contributed by atoms with Crippen LogP contribution in [0.15, 0.2) is 82.6 Å². The van der Waals surface area contributed by atoms with E-state index in [0.717, 1.165) is 11.1 Å². The van der Waals surface area contributed by atoms with Crippen molar-refractivity contribution in [3.05, 3.63) is 94.4 Å². The number of hydrogen-bond acceptors (Lipinski definition) is 5. The molecule has 0 aliphatic heterocycles. The van der Waals surface area contributed by atoms with Crippen molar-refractivity contribution in [1.29, 1.82) is 5.26 Å². The molecule has 3 aromatic rings. The Balaban J connectivity index is 1.92. The number of sulfone groups is 1. The molecule has 0 bridgehead atoms. The molecule has 0 aliphatic carbocycles. The molecule has 0 saturated heterocycles. The molecule has 6 heteroatoms. The molecule has 0 heterocycles. The summed E-state index contributed by atoms with van der Waals surface area (Å²) < 4.78 is 36.9.